The average Bonchev–Trinajstić information content (AvgIpc) is 3.15. The first kappa shape index (κ1) is 54.5. The SMILES string of the molecule is CCCC/C=C\CCCCCCC(=O)NC(COP(=O)([O-])OCC[N+](C)(C)C)C(O)/C=C/CC/C=C/CC/C=C/CCCCCCCCCCCCCCCC. The first-order chi connectivity index (χ1) is 27.0. The van der Waals surface area contributed by atoms with E-state index in [0.29, 0.717) is 17.4 Å². The van der Waals surface area contributed by atoms with E-state index in [1.165, 1.54) is 109 Å². The number of aliphatic hydroxyl groups excluding tert-OH is 1. The summed E-state index contributed by atoms with van der Waals surface area (Å²) in [5.41, 5.74) is 0. The lowest BCUT2D eigenvalue weighted by Gasteiger charge is -2.29. The molecule has 0 aliphatic rings. The predicted octanol–water partition coefficient (Wildman–Crippen LogP) is 12.2. The van der Waals surface area contributed by atoms with Crippen molar-refractivity contribution in [2.45, 2.75) is 206 Å². The van der Waals surface area contributed by atoms with Crippen LogP contribution in [-0.4, -0.2) is 68.5 Å². The van der Waals surface area contributed by atoms with Gasteiger partial charge in [-0.2, -0.15) is 0 Å². The Kier molecular flexibility index (Phi) is 37.9. The fourth-order valence-electron chi connectivity index (χ4n) is 6.28. The van der Waals surface area contributed by atoms with E-state index in [-0.39, 0.29) is 12.5 Å². The number of hydrogen-bond donors (Lipinski definition) is 2. The molecule has 56 heavy (non-hydrogen) atoms. The number of nitrogens with zero attached hydrogens (tertiary/aromatic N) is 1. The van der Waals surface area contributed by atoms with E-state index in [1.807, 2.05) is 27.2 Å². The van der Waals surface area contributed by atoms with Gasteiger partial charge < -0.3 is 28.8 Å². The number of allylic oxidation sites excluding steroid dienone is 7. The lowest BCUT2D eigenvalue weighted by molar-refractivity contribution is -0.870. The molecule has 3 atom stereocenters. The summed E-state index contributed by atoms with van der Waals surface area (Å²) < 4.78 is 23.1. The highest BCUT2D eigenvalue weighted by atomic mass is 31.2. The largest absolute Gasteiger partial charge is 0.756 e. The Morgan fingerprint density at radius 3 is 1.50 bits per heavy atom. The Labute approximate surface area is 346 Å². The van der Waals surface area contributed by atoms with Crippen molar-refractivity contribution in [3.63, 3.8) is 0 Å². The van der Waals surface area contributed by atoms with Crippen molar-refractivity contribution >= 4 is 13.7 Å². The summed E-state index contributed by atoms with van der Waals surface area (Å²) in [6.45, 7) is 4.55. The Bertz CT molecular complexity index is 1050. The third-order valence-electron chi connectivity index (χ3n) is 9.99. The number of hydrogen-bond acceptors (Lipinski definition) is 6. The van der Waals surface area contributed by atoms with Crippen LogP contribution >= 0.6 is 7.82 Å². The molecule has 0 fully saturated rings. The van der Waals surface area contributed by atoms with E-state index in [1.54, 1.807) is 6.08 Å². The van der Waals surface area contributed by atoms with Crippen molar-refractivity contribution in [3.05, 3.63) is 48.6 Å². The molecule has 3 unspecified atom stereocenters. The molecule has 0 saturated carbocycles. The molecule has 328 valence electrons. The normalized spacial score (nSPS) is 14.8. The highest BCUT2D eigenvalue weighted by molar-refractivity contribution is 7.45. The van der Waals surface area contributed by atoms with Gasteiger partial charge in [0.2, 0.25) is 5.91 Å². The monoisotopic (exact) mass is 809 g/mol. The second-order valence-corrected chi connectivity index (χ2v) is 18.1. The molecule has 9 heteroatoms. The molecular formula is C47H89N2O6P. The van der Waals surface area contributed by atoms with Crippen LogP contribution in [0.1, 0.15) is 194 Å². The van der Waals surface area contributed by atoms with Crippen LogP contribution in [0.25, 0.3) is 0 Å². The number of likely N-dealkylation sites (N-methyl/N-ethyl adjacent to an activating group) is 1. The number of carbonyl (C=O) groups is 1. The molecule has 0 aliphatic carbocycles. The molecule has 0 aromatic carbocycles. The summed E-state index contributed by atoms with van der Waals surface area (Å²) in [6.07, 6.45) is 49.0. The van der Waals surface area contributed by atoms with Crippen LogP contribution in [0.4, 0.5) is 0 Å². The molecule has 8 nitrogen and oxygen atoms in total. The number of phosphoric acid groups is 1. The summed E-state index contributed by atoms with van der Waals surface area (Å²) in [6, 6.07) is -0.914. The molecule has 0 aromatic rings. The van der Waals surface area contributed by atoms with E-state index in [2.05, 4.69) is 55.6 Å². The van der Waals surface area contributed by atoms with E-state index >= 15 is 0 Å². The summed E-state index contributed by atoms with van der Waals surface area (Å²) in [5, 5.41) is 13.7. The van der Waals surface area contributed by atoms with Crippen LogP contribution in [0.2, 0.25) is 0 Å². The molecule has 0 heterocycles. The van der Waals surface area contributed by atoms with Gasteiger partial charge in [0.05, 0.1) is 39.9 Å². The quantitative estimate of drug-likeness (QED) is 0.0276. The van der Waals surface area contributed by atoms with Crippen LogP contribution in [0.15, 0.2) is 48.6 Å². The van der Waals surface area contributed by atoms with Crippen molar-refractivity contribution < 1.29 is 32.9 Å². The van der Waals surface area contributed by atoms with Gasteiger partial charge in [0, 0.05) is 6.42 Å². The van der Waals surface area contributed by atoms with Crippen LogP contribution in [-0.2, 0) is 18.4 Å². The van der Waals surface area contributed by atoms with Crippen LogP contribution < -0.4 is 10.2 Å². The van der Waals surface area contributed by atoms with Gasteiger partial charge in [-0.05, 0) is 64.2 Å². The van der Waals surface area contributed by atoms with Crippen LogP contribution in [0.3, 0.4) is 0 Å². The zero-order valence-electron chi connectivity index (χ0n) is 37.1. The average molecular weight is 809 g/mol. The molecule has 1 amide bonds. The lowest BCUT2D eigenvalue weighted by atomic mass is 10.0. The van der Waals surface area contributed by atoms with Gasteiger partial charge in [-0.1, -0.05) is 172 Å². The molecule has 2 N–H and O–H groups in total. The minimum absolute atomic E-state index is 0.0123. The smallest absolute Gasteiger partial charge is 0.268 e. The zero-order valence-corrected chi connectivity index (χ0v) is 38.0. The summed E-state index contributed by atoms with van der Waals surface area (Å²) >= 11 is 0. The molecule has 0 aliphatic heterocycles. The number of nitrogens with one attached hydrogen (secondary N) is 1. The minimum Gasteiger partial charge on any atom is -0.756 e. The van der Waals surface area contributed by atoms with E-state index in [4.69, 9.17) is 9.05 Å². The topological polar surface area (TPSA) is 108 Å². The summed E-state index contributed by atoms with van der Waals surface area (Å²) in [5.74, 6) is -0.228. The highest BCUT2D eigenvalue weighted by Gasteiger charge is 2.23. The van der Waals surface area contributed by atoms with Gasteiger partial charge in [-0.3, -0.25) is 9.36 Å². The Morgan fingerprint density at radius 1 is 0.607 bits per heavy atom. The van der Waals surface area contributed by atoms with Crippen LogP contribution in [0, 0.1) is 0 Å². The highest BCUT2D eigenvalue weighted by Crippen LogP contribution is 2.38. The number of quaternary nitrogens is 1. The molecule has 0 radical (unpaired) electrons. The summed E-state index contributed by atoms with van der Waals surface area (Å²) in [7, 11) is 1.22. The molecule has 0 aromatic heterocycles. The number of phosphoric ester groups is 1. The standard InChI is InChI=1S/C47H89N2O6P/c1-6-8-10-12-14-16-18-19-20-21-22-23-24-25-26-27-28-29-30-31-32-34-36-38-40-46(50)45(44-55-56(52,53)54-43-42-49(3,4)5)48-47(51)41-39-37-35-33-17-15-13-11-9-7-2/h13,15,27-28,31-32,38,40,45-46,50H,6-12,14,16-26,29-30,33-37,39,41-44H2,1-5H3,(H-,48,51,52,53)/b15-13-,28-27+,32-31+,40-38+. The first-order valence-electron chi connectivity index (χ1n) is 23.0. The molecule has 0 saturated heterocycles. The molecule has 0 bridgehead atoms. The number of unbranched alkanes of at least 4 members (excludes halogenated alkanes) is 22. The van der Waals surface area contributed by atoms with E-state index in [9.17, 15) is 19.4 Å². The fraction of sp³-hybridized carbons (Fsp3) is 0.809. The summed E-state index contributed by atoms with van der Waals surface area (Å²) in [4.78, 5) is 25.2. The molecule has 0 rings (SSSR count). The number of amides is 1. The Morgan fingerprint density at radius 2 is 1.02 bits per heavy atom. The van der Waals surface area contributed by atoms with Crippen molar-refractivity contribution in [3.8, 4) is 0 Å². The van der Waals surface area contributed by atoms with Gasteiger partial charge in [0.1, 0.15) is 13.2 Å². The minimum atomic E-state index is -4.60. The van der Waals surface area contributed by atoms with Gasteiger partial charge in [-0.25, -0.2) is 0 Å². The van der Waals surface area contributed by atoms with Gasteiger partial charge in [0.25, 0.3) is 7.82 Å². The van der Waals surface area contributed by atoms with Crippen LogP contribution in [0.5, 0.6) is 0 Å². The fourth-order valence-corrected chi connectivity index (χ4v) is 7.00. The second-order valence-electron chi connectivity index (χ2n) is 16.7. The van der Waals surface area contributed by atoms with Crippen molar-refractivity contribution in [1.29, 1.82) is 0 Å². The number of rotatable bonds is 41. The maximum Gasteiger partial charge on any atom is 0.268 e. The Balaban J connectivity index is 4.37. The zero-order chi connectivity index (χ0) is 41.4. The van der Waals surface area contributed by atoms with E-state index < -0.39 is 26.6 Å². The van der Waals surface area contributed by atoms with E-state index in [0.717, 1.165) is 64.2 Å². The van der Waals surface area contributed by atoms with Gasteiger partial charge in [0.15, 0.2) is 0 Å². The number of aliphatic hydroxyl groups is 1. The van der Waals surface area contributed by atoms with Gasteiger partial charge in [-0.15, -0.1) is 0 Å². The molecular weight excluding hydrogens is 719 g/mol. The van der Waals surface area contributed by atoms with Gasteiger partial charge >= 0.3 is 0 Å². The van der Waals surface area contributed by atoms with Crippen molar-refractivity contribution in [2.24, 2.45) is 0 Å². The van der Waals surface area contributed by atoms with Crippen molar-refractivity contribution in [1.82, 2.24) is 5.32 Å². The lowest BCUT2D eigenvalue weighted by Crippen LogP contribution is -2.45. The Hall–Kier alpha value is -1.54. The van der Waals surface area contributed by atoms with Crippen molar-refractivity contribution in [2.75, 3.05) is 40.9 Å². The first-order valence-corrected chi connectivity index (χ1v) is 24.5. The number of carbonyl (C=O) groups excluding carboxylic acids is 1. The predicted molar refractivity (Wildman–Crippen MR) is 238 cm³/mol. The maximum absolute atomic E-state index is 12.8. The second kappa shape index (κ2) is 38.9. The maximum atomic E-state index is 12.8. The molecule has 0 spiro atoms. The third-order valence-corrected chi connectivity index (χ3v) is 11.0. The third kappa shape index (κ3) is 40.6.